The first-order valence-corrected chi connectivity index (χ1v) is 18.6. The molecule has 0 unspecified atom stereocenters. The molecule has 1 aliphatic carbocycles. The van der Waals surface area contributed by atoms with Crippen LogP contribution < -0.4 is 4.74 Å². The van der Waals surface area contributed by atoms with Gasteiger partial charge in [0.25, 0.3) is 0 Å². The van der Waals surface area contributed by atoms with E-state index >= 15 is 0 Å². The van der Waals surface area contributed by atoms with Crippen LogP contribution in [0.5, 0.6) is 11.5 Å². The van der Waals surface area contributed by atoms with Crippen LogP contribution in [0.3, 0.4) is 0 Å². The molecule has 0 N–H and O–H groups in total. The number of rotatable bonds is 3. The van der Waals surface area contributed by atoms with Crippen molar-refractivity contribution in [2.24, 2.45) is 0 Å². The molecule has 0 fully saturated rings. The van der Waals surface area contributed by atoms with E-state index in [0.29, 0.717) is 11.5 Å². The monoisotopic (exact) mass is 877 g/mol. The maximum Gasteiger partial charge on any atom is 2.00 e. The summed E-state index contributed by atoms with van der Waals surface area (Å²) in [6.07, 6.45) is 5.86. The standard InChI is InChI=1S/C47H46N4O.Pt/c1-44(2,3)28-15-18-48-36(22-28)27-19-29(45(4,5)6)21-30(20-27)52-31-23-33-32-13-11-12-14-38(32)51-42(33)34(24-31)41-39-37(49-26-50-41)25-35-40(43(39)51)47(9,10)17-16-46(35,7)8;/h11-15,18-19,21-23,25-26H,16-17H2,1-10H3;/q-2;+2. The fourth-order valence-electron chi connectivity index (χ4n) is 8.52. The number of benzene rings is 4. The average Bonchev–Trinajstić information content (AvgIpc) is 3.42. The Labute approximate surface area is 326 Å². The molecular weight excluding hydrogens is 832 g/mol. The number of para-hydroxylation sites is 1. The normalized spacial score (nSPS) is 15.7. The first-order valence-electron chi connectivity index (χ1n) is 18.6. The van der Waals surface area contributed by atoms with Crippen molar-refractivity contribution >= 4 is 49.1 Å². The largest absolute Gasteiger partial charge is 2.00 e. The molecule has 4 aromatic carbocycles. The Bertz CT molecular complexity index is 2740. The molecular formula is C47H46N4OPt. The van der Waals surface area contributed by atoms with Crippen molar-refractivity contribution in [2.45, 2.75) is 104 Å². The van der Waals surface area contributed by atoms with E-state index in [-0.39, 0.29) is 42.7 Å². The first-order chi connectivity index (χ1) is 24.5. The Balaban J connectivity index is 0.00000400. The fraction of sp³-hybridized carbons (Fsp3) is 0.340. The van der Waals surface area contributed by atoms with Crippen LogP contribution in [0.4, 0.5) is 0 Å². The second-order valence-corrected chi connectivity index (χ2v) is 18.3. The van der Waals surface area contributed by atoms with Gasteiger partial charge in [-0.3, -0.25) is 4.98 Å². The summed E-state index contributed by atoms with van der Waals surface area (Å²) in [7, 11) is 0. The minimum absolute atomic E-state index is 0. The minimum atomic E-state index is -0.117. The summed E-state index contributed by atoms with van der Waals surface area (Å²) in [5.74, 6) is 1.27. The van der Waals surface area contributed by atoms with Gasteiger partial charge in [-0.15, -0.1) is 17.2 Å². The molecule has 0 bridgehead atoms. The van der Waals surface area contributed by atoms with Gasteiger partial charge in [-0.1, -0.05) is 129 Å². The third kappa shape index (κ3) is 5.56. The molecule has 270 valence electrons. The molecule has 6 heteroatoms. The Kier molecular flexibility index (Phi) is 7.96. The molecule has 53 heavy (non-hydrogen) atoms. The Morgan fingerprint density at radius 2 is 1.43 bits per heavy atom. The minimum Gasteiger partial charge on any atom is -0.497 e. The molecule has 0 aliphatic heterocycles. The van der Waals surface area contributed by atoms with Crippen LogP contribution in [-0.4, -0.2) is 19.4 Å². The average molecular weight is 878 g/mol. The quantitative estimate of drug-likeness (QED) is 0.101. The summed E-state index contributed by atoms with van der Waals surface area (Å²) in [6.45, 7) is 22.9. The van der Waals surface area contributed by atoms with Crippen molar-refractivity contribution < 1.29 is 25.8 Å². The third-order valence-electron chi connectivity index (χ3n) is 11.6. The molecule has 4 aromatic heterocycles. The summed E-state index contributed by atoms with van der Waals surface area (Å²) in [5.41, 5.74) is 12.3. The summed E-state index contributed by atoms with van der Waals surface area (Å²) in [6, 6.07) is 29.1. The van der Waals surface area contributed by atoms with Crippen molar-refractivity contribution in [3.05, 3.63) is 108 Å². The van der Waals surface area contributed by atoms with Gasteiger partial charge in [-0.2, -0.15) is 0 Å². The molecule has 0 saturated carbocycles. The van der Waals surface area contributed by atoms with Crippen LogP contribution >= 0.6 is 0 Å². The van der Waals surface area contributed by atoms with E-state index < -0.39 is 0 Å². The van der Waals surface area contributed by atoms with Crippen LogP contribution in [0, 0.1) is 12.1 Å². The first kappa shape index (κ1) is 35.7. The van der Waals surface area contributed by atoms with Crippen LogP contribution in [0.25, 0.3) is 60.4 Å². The van der Waals surface area contributed by atoms with Crippen LogP contribution in [-0.2, 0) is 42.7 Å². The molecule has 8 aromatic rings. The maximum absolute atomic E-state index is 6.85. The second-order valence-electron chi connectivity index (χ2n) is 18.3. The van der Waals surface area contributed by atoms with Gasteiger partial charge in [0.2, 0.25) is 0 Å². The van der Waals surface area contributed by atoms with E-state index in [4.69, 9.17) is 19.7 Å². The summed E-state index contributed by atoms with van der Waals surface area (Å²) >= 11 is 0. The van der Waals surface area contributed by atoms with Gasteiger partial charge >= 0.3 is 21.1 Å². The van der Waals surface area contributed by atoms with E-state index in [1.807, 2.05) is 6.20 Å². The van der Waals surface area contributed by atoms with E-state index in [0.717, 1.165) is 62.4 Å². The molecule has 0 spiro atoms. The zero-order chi connectivity index (χ0) is 36.5. The molecule has 0 atom stereocenters. The van der Waals surface area contributed by atoms with Crippen molar-refractivity contribution in [3.63, 3.8) is 0 Å². The summed E-state index contributed by atoms with van der Waals surface area (Å²) in [4.78, 5) is 14.7. The predicted octanol–water partition coefficient (Wildman–Crippen LogP) is 12.2. The van der Waals surface area contributed by atoms with Gasteiger partial charge in [0.15, 0.2) is 0 Å². The number of fused-ring (bicyclic) bond motifs is 7. The fourth-order valence-corrected chi connectivity index (χ4v) is 8.52. The number of hydrogen-bond acceptors (Lipinski definition) is 4. The number of nitrogens with zero attached hydrogens (tertiary/aromatic N) is 4. The van der Waals surface area contributed by atoms with Gasteiger partial charge in [0.05, 0.1) is 5.52 Å². The zero-order valence-corrected chi connectivity index (χ0v) is 34.6. The molecule has 0 radical (unpaired) electrons. The summed E-state index contributed by atoms with van der Waals surface area (Å²) < 4.78 is 9.34. The number of ether oxygens (including phenoxy) is 1. The Hall–Kier alpha value is -4.34. The van der Waals surface area contributed by atoms with Crippen molar-refractivity contribution in [1.29, 1.82) is 0 Å². The second kappa shape index (κ2) is 11.8. The van der Waals surface area contributed by atoms with Crippen molar-refractivity contribution in [3.8, 4) is 22.8 Å². The van der Waals surface area contributed by atoms with Crippen LogP contribution in [0.1, 0.15) is 104 Å². The van der Waals surface area contributed by atoms with Crippen molar-refractivity contribution in [1.82, 2.24) is 19.4 Å². The predicted molar refractivity (Wildman–Crippen MR) is 214 cm³/mol. The topological polar surface area (TPSA) is 52.3 Å². The molecule has 4 heterocycles. The van der Waals surface area contributed by atoms with E-state index in [1.165, 1.54) is 33.1 Å². The van der Waals surface area contributed by atoms with Gasteiger partial charge in [0.1, 0.15) is 6.33 Å². The smallest absolute Gasteiger partial charge is 0.497 e. The third-order valence-corrected chi connectivity index (χ3v) is 11.6. The van der Waals surface area contributed by atoms with E-state index in [2.05, 4.69) is 146 Å². The number of aromatic nitrogens is 4. The van der Waals surface area contributed by atoms with E-state index in [1.54, 1.807) is 6.33 Å². The van der Waals surface area contributed by atoms with Crippen molar-refractivity contribution in [2.75, 3.05) is 0 Å². The molecule has 1 aliphatic rings. The number of pyridine rings is 2. The van der Waals surface area contributed by atoms with Gasteiger partial charge in [-0.25, -0.2) is 4.98 Å². The zero-order valence-electron chi connectivity index (χ0n) is 32.4. The Morgan fingerprint density at radius 1 is 0.717 bits per heavy atom. The molecule has 0 saturated heterocycles. The maximum atomic E-state index is 6.85. The van der Waals surface area contributed by atoms with Crippen LogP contribution in [0.2, 0.25) is 0 Å². The van der Waals surface area contributed by atoms with E-state index in [9.17, 15) is 0 Å². The molecule has 0 amide bonds. The van der Waals surface area contributed by atoms with Gasteiger partial charge in [0, 0.05) is 39.6 Å². The summed E-state index contributed by atoms with van der Waals surface area (Å²) in [5, 5.41) is 4.31. The number of hydrogen-bond donors (Lipinski definition) is 0. The molecule has 9 rings (SSSR count). The van der Waals surface area contributed by atoms with Gasteiger partial charge in [-0.05, 0) is 86.0 Å². The Morgan fingerprint density at radius 3 is 2.19 bits per heavy atom. The molecule has 5 nitrogen and oxygen atoms in total. The van der Waals surface area contributed by atoms with Gasteiger partial charge < -0.3 is 14.1 Å². The SMILES string of the molecule is CC(C)(C)c1cc(Oc2[c-]c3c4ncnc5cc6c(c(c54)n4c5ccccc5c(c2)c34)C(C)(C)CCC6(C)C)[c-]c(-c2cc(C(C)(C)C)ccn2)c1.[Pt+2]. The van der Waals surface area contributed by atoms with Crippen LogP contribution in [0.15, 0.2) is 73.2 Å².